The zero-order valence-corrected chi connectivity index (χ0v) is 14.1. The first-order chi connectivity index (χ1) is 10.8. The Hall–Kier alpha value is -1.89. The fraction of sp³-hybridized carbons (Fsp3) is 0.500. The van der Waals surface area contributed by atoms with Gasteiger partial charge in [-0.15, -0.1) is 0 Å². The molecule has 1 aliphatic carbocycles. The zero-order valence-electron chi connectivity index (χ0n) is 13.3. The predicted molar refractivity (Wildman–Crippen MR) is 88.6 cm³/mol. The van der Waals surface area contributed by atoms with Crippen molar-refractivity contribution in [1.29, 1.82) is 0 Å². The van der Waals surface area contributed by atoms with Gasteiger partial charge in [-0.25, -0.2) is 13.4 Å². The predicted octanol–water partition coefficient (Wildman–Crippen LogP) is 1.50. The molecule has 1 heterocycles. The van der Waals surface area contributed by atoms with Gasteiger partial charge in [-0.3, -0.25) is 4.79 Å². The normalized spacial score (nSPS) is 16.4. The van der Waals surface area contributed by atoms with E-state index in [0.717, 1.165) is 18.4 Å². The second kappa shape index (κ2) is 5.96. The summed E-state index contributed by atoms with van der Waals surface area (Å²) in [4.78, 5) is 16.7. The average molecular weight is 335 g/mol. The second-order valence-electron chi connectivity index (χ2n) is 6.37. The first-order valence-corrected chi connectivity index (χ1v) is 9.81. The van der Waals surface area contributed by atoms with E-state index in [9.17, 15) is 13.2 Å². The maximum atomic E-state index is 12.3. The number of amides is 1. The van der Waals surface area contributed by atoms with Gasteiger partial charge in [-0.1, -0.05) is 12.1 Å². The highest BCUT2D eigenvalue weighted by molar-refractivity contribution is 7.89. The molecule has 1 aromatic heterocycles. The van der Waals surface area contributed by atoms with Crippen molar-refractivity contribution in [3.8, 4) is 0 Å². The quantitative estimate of drug-likeness (QED) is 0.867. The van der Waals surface area contributed by atoms with E-state index < -0.39 is 9.84 Å². The molecule has 124 valence electrons. The minimum absolute atomic E-state index is 0.0857. The molecular formula is C16H21N3O3S. The van der Waals surface area contributed by atoms with Gasteiger partial charge in [0.25, 0.3) is 0 Å². The van der Waals surface area contributed by atoms with E-state index in [-0.39, 0.29) is 24.2 Å². The second-order valence-corrected chi connectivity index (χ2v) is 8.51. The molecular weight excluding hydrogens is 314 g/mol. The third-order valence-corrected chi connectivity index (χ3v) is 4.93. The summed E-state index contributed by atoms with van der Waals surface area (Å²) in [7, 11) is -3.22. The summed E-state index contributed by atoms with van der Waals surface area (Å²) in [5.74, 6) is 0.701. The van der Waals surface area contributed by atoms with Crippen molar-refractivity contribution >= 4 is 26.8 Å². The fourth-order valence-electron chi connectivity index (χ4n) is 2.80. The largest absolute Gasteiger partial charge is 0.352 e. The number of hydrogen-bond acceptors (Lipinski definition) is 4. The van der Waals surface area contributed by atoms with E-state index in [4.69, 9.17) is 0 Å². The number of sulfone groups is 1. The maximum absolute atomic E-state index is 12.3. The summed E-state index contributed by atoms with van der Waals surface area (Å²) in [6.07, 6.45) is 3.50. The average Bonchev–Trinajstić information content (AvgIpc) is 3.24. The van der Waals surface area contributed by atoms with Crippen LogP contribution in [0.4, 0.5) is 0 Å². The Morgan fingerprint density at radius 2 is 2.09 bits per heavy atom. The van der Waals surface area contributed by atoms with Crippen LogP contribution < -0.4 is 5.32 Å². The molecule has 2 aromatic rings. The summed E-state index contributed by atoms with van der Waals surface area (Å²) in [6, 6.07) is 7.54. The van der Waals surface area contributed by atoms with Crippen molar-refractivity contribution < 1.29 is 13.2 Å². The van der Waals surface area contributed by atoms with Crippen molar-refractivity contribution in [1.82, 2.24) is 14.9 Å². The van der Waals surface area contributed by atoms with Gasteiger partial charge in [0.2, 0.25) is 5.91 Å². The third-order valence-electron chi connectivity index (χ3n) is 4.14. The monoisotopic (exact) mass is 335 g/mol. The molecule has 0 aliphatic heterocycles. The summed E-state index contributed by atoms with van der Waals surface area (Å²) in [6.45, 7) is 2.10. The highest BCUT2D eigenvalue weighted by Crippen LogP contribution is 2.32. The molecule has 1 fully saturated rings. The lowest BCUT2D eigenvalue weighted by atomic mass is 10.2. The van der Waals surface area contributed by atoms with Crippen LogP contribution in [-0.2, 0) is 26.9 Å². The van der Waals surface area contributed by atoms with Crippen LogP contribution in [0.2, 0.25) is 0 Å². The van der Waals surface area contributed by atoms with Gasteiger partial charge in [0.05, 0.1) is 11.0 Å². The number of rotatable bonds is 6. The minimum atomic E-state index is -3.22. The van der Waals surface area contributed by atoms with Crippen molar-refractivity contribution in [3.05, 3.63) is 30.1 Å². The van der Waals surface area contributed by atoms with Crippen LogP contribution in [0.25, 0.3) is 11.0 Å². The molecule has 0 spiro atoms. The first-order valence-electron chi connectivity index (χ1n) is 7.75. The lowest BCUT2D eigenvalue weighted by Gasteiger charge is -2.14. The number of nitrogens with one attached hydrogen (secondary N) is 1. The van der Waals surface area contributed by atoms with Crippen molar-refractivity contribution in [2.75, 3.05) is 6.26 Å². The smallest absolute Gasteiger partial charge is 0.240 e. The Bertz CT molecular complexity index is 837. The lowest BCUT2D eigenvalue weighted by Crippen LogP contribution is -2.36. The van der Waals surface area contributed by atoms with Gasteiger partial charge in [-0.2, -0.15) is 0 Å². The molecule has 7 heteroatoms. The number of imidazole rings is 1. The van der Waals surface area contributed by atoms with Crippen LogP contribution in [0, 0.1) is 5.92 Å². The first kappa shape index (κ1) is 16.0. The Kier molecular flexibility index (Phi) is 4.14. The van der Waals surface area contributed by atoms with E-state index in [2.05, 4.69) is 10.3 Å². The number of para-hydroxylation sites is 2. The number of nitrogens with zero attached hydrogens (tertiary/aromatic N) is 2. The van der Waals surface area contributed by atoms with Crippen LogP contribution in [0.1, 0.15) is 25.6 Å². The van der Waals surface area contributed by atoms with Crippen LogP contribution in [0.5, 0.6) is 0 Å². The molecule has 1 aliphatic rings. The van der Waals surface area contributed by atoms with E-state index in [1.165, 1.54) is 6.26 Å². The zero-order chi connectivity index (χ0) is 16.6. The summed E-state index contributed by atoms with van der Waals surface area (Å²) >= 11 is 0. The highest BCUT2D eigenvalue weighted by Gasteiger charge is 2.29. The van der Waals surface area contributed by atoms with Crippen molar-refractivity contribution in [2.45, 2.75) is 38.1 Å². The standard InChI is InChI=1S/C16H21N3O3S/c1-11(12-7-8-12)17-16(20)9-19-14-6-4-3-5-13(14)18-15(19)10-23(2,21)22/h3-6,11-12H,7-10H2,1-2H3,(H,17,20)/t11-/m0/s1. The molecule has 1 atom stereocenters. The van der Waals surface area contributed by atoms with Crippen LogP contribution >= 0.6 is 0 Å². The van der Waals surface area contributed by atoms with E-state index in [0.29, 0.717) is 17.3 Å². The van der Waals surface area contributed by atoms with Gasteiger partial charge in [0.1, 0.15) is 18.1 Å². The number of hydrogen-bond donors (Lipinski definition) is 1. The number of fused-ring (bicyclic) bond motifs is 1. The molecule has 23 heavy (non-hydrogen) atoms. The number of carbonyl (C=O) groups is 1. The Balaban J connectivity index is 1.87. The molecule has 1 N–H and O–H groups in total. The molecule has 1 aromatic carbocycles. The molecule has 6 nitrogen and oxygen atoms in total. The van der Waals surface area contributed by atoms with Crippen molar-refractivity contribution in [3.63, 3.8) is 0 Å². The fourth-order valence-corrected chi connectivity index (χ4v) is 3.49. The summed E-state index contributed by atoms with van der Waals surface area (Å²) in [5.41, 5.74) is 1.48. The Labute approximate surface area is 135 Å². The van der Waals surface area contributed by atoms with Gasteiger partial charge < -0.3 is 9.88 Å². The Morgan fingerprint density at radius 1 is 1.39 bits per heavy atom. The van der Waals surface area contributed by atoms with E-state index >= 15 is 0 Å². The number of carbonyl (C=O) groups excluding carboxylic acids is 1. The van der Waals surface area contributed by atoms with Gasteiger partial charge in [-0.05, 0) is 37.8 Å². The van der Waals surface area contributed by atoms with Gasteiger partial charge in [0.15, 0.2) is 9.84 Å². The molecule has 0 radical (unpaired) electrons. The summed E-state index contributed by atoms with van der Waals surface area (Å²) in [5, 5.41) is 3.00. The molecule has 1 saturated carbocycles. The lowest BCUT2D eigenvalue weighted by molar-refractivity contribution is -0.122. The minimum Gasteiger partial charge on any atom is -0.352 e. The van der Waals surface area contributed by atoms with Gasteiger partial charge >= 0.3 is 0 Å². The molecule has 3 rings (SSSR count). The summed E-state index contributed by atoms with van der Waals surface area (Å²) < 4.78 is 25.0. The number of aromatic nitrogens is 2. The highest BCUT2D eigenvalue weighted by atomic mass is 32.2. The SMILES string of the molecule is C[C@H](NC(=O)Cn1c(CS(C)(=O)=O)nc2ccccc21)C1CC1. The third kappa shape index (κ3) is 3.90. The Morgan fingerprint density at radius 3 is 2.74 bits per heavy atom. The molecule has 0 unspecified atom stereocenters. The molecule has 0 saturated heterocycles. The van der Waals surface area contributed by atoms with Crippen LogP contribution in [0.3, 0.4) is 0 Å². The molecule has 1 amide bonds. The van der Waals surface area contributed by atoms with E-state index in [1.54, 1.807) is 4.57 Å². The topological polar surface area (TPSA) is 81.1 Å². The van der Waals surface area contributed by atoms with E-state index in [1.807, 2.05) is 31.2 Å². The van der Waals surface area contributed by atoms with Crippen LogP contribution in [0.15, 0.2) is 24.3 Å². The number of benzene rings is 1. The maximum Gasteiger partial charge on any atom is 0.240 e. The van der Waals surface area contributed by atoms with Crippen molar-refractivity contribution in [2.24, 2.45) is 5.92 Å². The molecule has 0 bridgehead atoms. The van der Waals surface area contributed by atoms with Crippen LogP contribution in [-0.4, -0.2) is 36.2 Å². The van der Waals surface area contributed by atoms with Gasteiger partial charge in [0, 0.05) is 12.3 Å².